The minimum absolute atomic E-state index is 1.19. The van der Waals surface area contributed by atoms with Gasteiger partial charge in [0.1, 0.15) is 0 Å². The van der Waals surface area contributed by atoms with E-state index in [1.54, 1.807) is 0 Å². The van der Waals surface area contributed by atoms with Crippen molar-refractivity contribution in [1.82, 2.24) is 4.90 Å². The Balaban J connectivity index is 2.25. The number of hydrogen-bond acceptors (Lipinski definition) is 1. The Morgan fingerprint density at radius 2 is 2.38 bits per heavy atom. The van der Waals surface area contributed by atoms with E-state index in [4.69, 9.17) is 0 Å². The standard InChI is InChI=1S/C7H13N/c1-3-5-7-6-8(7)4-2/h5H,3-4,6H2,1-2H3. The first kappa shape index (κ1) is 5.67. The average Bonchev–Trinajstić information content (AvgIpc) is 2.48. The van der Waals surface area contributed by atoms with Gasteiger partial charge in [-0.2, -0.15) is 0 Å². The Morgan fingerprint density at radius 3 is 2.75 bits per heavy atom. The number of allylic oxidation sites excluding steroid dienone is 1. The van der Waals surface area contributed by atoms with Crippen molar-refractivity contribution >= 4 is 0 Å². The molecule has 8 heavy (non-hydrogen) atoms. The van der Waals surface area contributed by atoms with E-state index < -0.39 is 0 Å². The molecular weight excluding hydrogens is 98.1 g/mol. The van der Waals surface area contributed by atoms with Crippen molar-refractivity contribution in [3.05, 3.63) is 11.8 Å². The number of hydrogen-bond donors (Lipinski definition) is 0. The zero-order chi connectivity index (χ0) is 5.98. The predicted octanol–water partition coefficient (Wildman–Crippen LogP) is 1.62. The van der Waals surface area contributed by atoms with Crippen LogP contribution in [0, 0.1) is 0 Å². The summed E-state index contributed by atoms with van der Waals surface area (Å²) in [5, 5.41) is 0. The van der Waals surface area contributed by atoms with E-state index in [9.17, 15) is 0 Å². The summed E-state index contributed by atoms with van der Waals surface area (Å²) in [5.41, 5.74) is 1.54. The molecule has 1 fully saturated rings. The Kier molecular flexibility index (Phi) is 1.56. The number of likely N-dealkylation sites (N-methyl/N-ethyl adjacent to an activating group) is 1. The van der Waals surface area contributed by atoms with Crippen LogP contribution in [0.25, 0.3) is 0 Å². The van der Waals surface area contributed by atoms with E-state index in [0.717, 1.165) is 0 Å². The first-order chi connectivity index (χ1) is 3.88. The lowest BCUT2D eigenvalue weighted by atomic mass is 10.4. The third-order valence-electron chi connectivity index (χ3n) is 1.48. The molecule has 0 radical (unpaired) electrons. The molecule has 1 heteroatoms. The molecule has 1 saturated heterocycles. The molecule has 1 heterocycles. The quantitative estimate of drug-likeness (QED) is 0.489. The second-order valence-electron chi connectivity index (χ2n) is 2.12. The van der Waals surface area contributed by atoms with E-state index in [1.165, 1.54) is 25.2 Å². The van der Waals surface area contributed by atoms with Gasteiger partial charge >= 0.3 is 0 Å². The molecule has 0 aliphatic carbocycles. The van der Waals surface area contributed by atoms with Gasteiger partial charge in [-0.15, -0.1) is 0 Å². The second kappa shape index (κ2) is 2.21. The van der Waals surface area contributed by atoms with Crippen molar-refractivity contribution in [2.24, 2.45) is 0 Å². The molecule has 1 aliphatic heterocycles. The number of nitrogens with zero attached hydrogens (tertiary/aromatic N) is 1. The molecule has 0 saturated carbocycles. The molecule has 0 aromatic rings. The monoisotopic (exact) mass is 111 g/mol. The Labute approximate surface area is 51.0 Å². The van der Waals surface area contributed by atoms with Crippen LogP contribution in [0.2, 0.25) is 0 Å². The van der Waals surface area contributed by atoms with Gasteiger partial charge in [-0.05, 0) is 13.3 Å². The van der Waals surface area contributed by atoms with Gasteiger partial charge in [0, 0.05) is 12.2 Å². The predicted molar refractivity (Wildman–Crippen MR) is 35.6 cm³/mol. The zero-order valence-electron chi connectivity index (χ0n) is 5.65. The SMILES string of the molecule is CCC=C1CN1CC. The maximum absolute atomic E-state index is 2.36. The van der Waals surface area contributed by atoms with Crippen LogP contribution in [0.4, 0.5) is 0 Å². The first-order valence-electron chi connectivity index (χ1n) is 3.32. The van der Waals surface area contributed by atoms with E-state index in [1.807, 2.05) is 0 Å². The lowest BCUT2D eigenvalue weighted by Crippen LogP contribution is -1.89. The highest BCUT2D eigenvalue weighted by Gasteiger charge is 2.20. The van der Waals surface area contributed by atoms with Crippen LogP contribution in [0.1, 0.15) is 20.3 Å². The average molecular weight is 111 g/mol. The van der Waals surface area contributed by atoms with Gasteiger partial charge in [-0.25, -0.2) is 0 Å². The van der Waals surface area contributed by atoms with Crippen LogP contribution in [0.3, 0.4) is 0 Å². The van der Waals surface area contributed by atoms with Crippen LogP contribution in [-0.4, -0.2) is 18.0 Å². The molecule has 0 bridgehead atoms. The maximum atomic E-state index is 2.36. The van der Waals surface area contributed by atoms with Crippen molar-refractivity contribution in [3.8, 4) is 0 Å². The third kappa shape index (κ3) is 1.03. The molecule has 0 aromatic carbocycles. The minimum Gasteiger partial charge on any atom is -0.368 e. The van der Waals surface area contributed by atoms with Crippen LogP contribution in [0.5, 0.6) is 0 Å². The van der Waals surface area contributed by atoms with Crippen LogP contribution in [-0.2, 0) is 0 Å². The van der Waals surface area contributed by atoms with Crippen molar-refractivity contribution < 1.29 is 0 Å². The van der Waals surface area contributed by atoms with Gasteiger partial charge in [0.2, 0.25) is 0 Å². The molecule has 1 nitrogen and oxygen atoms in total. The Morgan fingerprint density at radius 1 is 1.62 bits per heavy atom. The molecule has 0 spiro atoms. The third-order valence-corrected chi connectivity index (χ3v) is 1.48. The lowest BCUT2D eigenvalue weighted by molar-refractivity contribution is 0.619. The van der Waals surface area contributed by atoms with E-state index >= 15 is 0 Å². The summed E-state index contributed by atoms with van der Waals surface area (Å²) in [4.78, 5) is 2.36. The van der Waals surface area contributed by atoms with Gasteiger partial charge in [0.15, 0.2) is 0 Å². The van der Waals surface area contributed by atoms with Gasteiger partial charge in [0.25, 0.3) is 0 Å². The highest BCUT2D eigenvalue weighted by atomic mass is 15.3. The Hall–Kier alpha value is -0.460. The molecule has 46 valence electrons. The van der Waals surface area contributed by atoms with Crippen LogP contribution in [0.15, 0.2) is 11.8 Å². The van der Waals surface area contributed by atoms with Crippen molar-refractivity contribution in [3.63, 3.8) is 0 Å². The topological polar surface area (TPSA) is 3.01 Å². The fourth-order valence-electron chi connectivity index (χ4n) is 0.904. The van der Waals surface area contributed by atoms with Crippen molar-refractivity contribution in [2.75, 3.05) is 13.1 Å². The van der Waals surface area contributed by atoms with E-state index in [2.05, 4.69) is 24.8 Å². The molecular formula is C7H13N. The van der Waals surface area contributed by atoms with Gasteiger partial charge in [-0.1, -0.05) is 13.0 Å². The van der Waals surface area contributed by atoms with Gasteiger partial charge in [-0.3, -0.25) is 0 Å². The number of rotatable bonds is 2. The highest BCUT2D eigenvalue weighted by molar-refractivity contribution is 5.17. The van der Waals surface area contributed by atoms with Gasteiger partial charge in [0.05, 0.1) is 6.54 Å². The van der Waals surface area contributed by atoms with Crippen molar-refractivity contribution in [2.45, 2.75) is 20.3 Å². The summed E-state index contributed by atoms with van der Waals surface area (Å²) in [6, 6.07) is 0. The lowest BCUT2D eigenvalue weighted by Gasteiger charge is -1.88. The summed E-state index contributed by atoms with van der Waals surface area (Å²) in [6.07, 6.45) is 3.48. The second-order valence-corrected chi connectivity index (χ2v) is 2.12. The zero-order valence-corrected chi connectivity index (χ0v) is 5.65. The van der Waals surface area contributed by atoms with Crippen LogP contribution >= 0.6 is 0 Å². The van der Waals surface area contributed by atoms with E-state index in [0.29, 0.717) is 0 Å². The summed E-state index contributed by atoms with van der Waals surface area (Å²) >= 11 is 0. The fraction of sp³-hybridized carbons (Fsp3) is 0.714. The molecule has 0 N–H and O–H groups in total. The molecule has 0 unspecified atom stereocenters. The largest absolute Gasteiger partial charge is 0.368 e. The highest BCUT2D eigenvalue weighted by Crippen LogP contribution is 2.20. The summed E-state index contributed by atoms with van der Waals surface area (Å²) < 4.78 is 0. The van der Waals surface area contributed by atoms with Crippen molar-refractivity contribution in [1.29, 1.82) is 0 Å². The first-order valence-corrected chi connectivity index (χ1v) is 3.32. The summed E-state index contributed by atoms with van der Waals surface area (Å²) in [6.45, 7) is 6.78. The molecule has 0 atom stereocenters. The van der Waals surface area contributed by atoms with E-state index in [-0.39, 0.29) is 0 Å². The summed E-state index contributed by atoms with van der Waals surface area (Å²) in [5.74, 6) is 0. The molecule has 0 amide bonds. The minimum atomic E-state index is 1.19. The fourth-order valence-corrected chi connectivity index (χ4v) is 0.904. The molecule has 1 rings (SSSR count). The smallest absolute Gasteiger partial charge is 0.0572 e. The Bertz CT molecular complexity index is 105. The molecule has 0 aromatic heterocycles. The van der Waals surface area contributed by atoms with Crippen LogP contribution < -0.4 is 0 Å². The maximum Gasteiger partial charge on any atom is 0.0572 e. The van der Waals surface area contributed by atoms with Gasteiger partial charge < -0.3 is 4.90 Å². The molecule has 1 aliphatic rings. The summed E-state index contributed by atoms with van der Waals surface area (Å²) in [7, 11) is 0. The normalized spacial score (nSPS) is 22.2.